The number of aliphatic hydroxyl groups excluding tert-OH is 1. The lowest BCUT2D eigenvalue weighted by molar-refractivity contribution is -0.118. The Kier molecular flexibility index (Phi) is 7.54. The molecule has 0 radical (unpaired) electrons. The number of nitrogens with zero attached hydrogens (tertiary/aromatic N) is 1. The minimum Gasteiger partial charge on any atom is -0.388 e. The summed E-state index contributed by atoms with van der Waals surface area (Å²) in [6.45, 7) is 7.79. The normalized spacial score (nSPS) is 14.3. The molecule has 0 aliphatic heterocycles. The first-order valence-electron chi connectivity index (χ1n) is 7.38. The second-order valence-corrected chi connectivity index (χ2v) is 6.44. The van der Waals surface area contributed by atoms with Crippen LogP contribution in [0.4, 0.5) is 0 Å². The maximum Gasteiger partial charge on any atom is 0.132 e. The molecule has 1 N–H and O–H groups in total. The SMILES string of the molecule is CCC(=O)CCC(C)=CCC(O)C(C)=Cc1csc(C)n1. The molecule has 0 saturated carbocycles. The van der Waals surface area contributed by atoms with Crippen molar-refractivity contribution in [2.24, 2.45) is 0 Å². The molecule has 0 spiro atoms. The predicted octanol–water partition coefficient (Wildman–Crippen LogP) is 4.31. The molecule has 1 heterocycles. The highest BCUT2D eigenvalue weighted by Crippen LogP contribution is 2.16. The third kappa shape index (κ3) is 6.82. The highest BCUT2D eigenvalue weighted by molar-refractivity contribution is 7.09. The van der Waals surface area contributed by atoms with E-state index in [1.807, 2.05) is 45.2 Å². The van der Waals surface area contributed by atoms with Gasteiger partial charge in [0, 0.05) is 18.2 Å². The zero-order valence-corrected chi connectivity index (χ0v) is 14.2. The van der Waals surface area contributed by atoms with Gasteiger partial charge in [-0.05, 0) is 45.3 Å². The summed E-state index contributed by atoms with van der Waals surface area (Å²) >= 11 is 1.61. The van der Waals surface area contributed by atoms with Crippen molar-refractivity contribution in [1.82, 2.24) is 4.98 Å². The molecule has 0 aliphatic carbocycles. The van der Waals surface area contributed by atoms with Crippen molar-refractivity contribution < 1.29 is 9.90 Å². The summed E-state index contributed by atoms with van der Waals surface area (Å²) in [4.78, 5) is 15.6. The summed E-state index contributed by atoms with van der Waals surface area (Å²) in [5.41, 5.74) is 2.98. The summed E-state index contributed by atoms with van der Waals surface area (Å²) in [7, 11) is 0. The van der Waals surface area contributed by atoms with Crippen molar-refractivity contribution in [3.8, 4) is 0 Å². The van der Waals surface area contributed by atoms with E-state index in [1.165, 1.54) is 0 Å². The maximum atomic E-state index is 11.3. The number of carbonyl (C=O) groups is 1. The number of aromatic nitrogens is 1. The van der Waals surface area contributed by atoms with Gasteiger partial charge in [-0.15, -0.1) is 11.3 Å². The second-order valence-electron chi connectivity index (χ2n) is 5.37. The molecule has 1 unspecified atom stereocenters. The van der Waals surface area contributed by atoms with Crippen molar-refractivity contribution in [2.75, 3.05) is 0 Å². The molecule has 1 rings (SSSR count). The number of aliphatic hydroxyl groups is 1. The van der Waals surface area contributed by atoms with Crippen LogP contribution in [0.5, 0.6) is 0 Å². The molecule has 21 heavy (non-hydrogen) atoms. The molecule has 0 bridgehead atoms. The highest BCUT2D eigenvalue weighted by atomic mass is 32.1. The van der Waals surface area contributed by atoms with Gasteiger partial charge in [0.1, 0.15) is 5.78 Å². The van der Waals surface area contributed by atoms with Gasteiger partial charge in [-0.2, -0.15) is 0 Å². The second kappa shape index (κ2) is 8.90. The van der Waals surface area contributed by atoms with Crippen molar-refractivity contribution in [1.29, 1.82) is 0 Å². The van der Waals surface area contributed by atoms with Crippen LogP contribution in [0.25, 0.3) is 6.08 Å². The number of Topliss-reactive ketones (excluding diaryl/α,β-unsaturated/α-hetero) is 1. The minimum absolute atomic E-state index is 0.290. The summed E-state index contributed by atoms with van der Waals surface area (Å²) in [6.07, 6.45) is 6.02. The van der Waals surface area contributed by atoms with E-state index >= 15 is 0 Å². The summed E-state index contributed by atoms with van der Waals surface area (Å²) in [6, 6.07) is 0. The topological polar surface area (TPSA) is 50.2 Å². The average Bonchev–Trinajstić information content (AvgIpc) is 2.86. The number of ketones is 1. The van der Waals surface area contributed by atoms with Crippen LogP contribution in [0.3, 0.4) is 0 Å². The Morgan fingerprint density at radius 1 is 1.43 bits per heavy atom. The Labute approximate surface area is 131 Å². The van der Waals surface area contributed by atoms with Crippen LogP contribution in [-0.4, -0.2) is 22.0 Å². The predicted molar refractivity (Wildman–Crippen MR) is 89.4 cm³/mol. The van der Waals surface area contributed by atoms with Crippen molar-refractivity contribution >= 4 is 23.2 Å². The van der Waals surface area contributed by atoms with E-state index in [0.717, 1.165) is 28.3 Å². The van der Waals surface area contributed by atoms with Crippen LogP contribution < -0.4 is 0 Å². The van der Waals surface area contributed by atoms with Gasteiger partial charge in [0.15, 0.2) is 0 Å². The molecule has 1 aromatic heterocycles. The largest absolute Gasteiger partial charge is 0.388 e. The van der Waals surface area contributed by atoms with Gasteiger partial charge in [0.05, 0.1) is 16.8 Å². The van der Waals surface area contributed by atoms with E-state index in [-0.39, 0.29) is 0 Å². The molecule has 0 aromatic carbocycles. The molecular formula is C17H25NO2S. The third-order valence-corrected chi connectivity index (χ3v) is 4.21. The Morgan fingerprint density at radius 2 is 2.14 bits per heavy atom. The molecule has 0 aliphatic rings. The Bertz CT molecular complexity index is 529. The number of thiazole rings is 1. The van der Waals surface area contributed by atoms with Gasteiger partial charge in [0.25, 0.3) is 0 Å². The van der Waals surface area contributed by atoms with E-state index in [9.17, 15) is 9.90 Å². The molecular weight excluding hydrogens is 282 g/mol. The zero-order chi connectivity index (χ0) is 15.8. The van der Waals surface area contributed by atoms with E-state index in [0.29, 0.717) is 25.0 Å². The van der Waals surface area contributed by atoms with Gasteiger partial charge in [-0.1, -0.05) is 18.6 Å². The molecule has 4 heteroatoms. The van der Waals surface area contributed by atoms with Gasteiger partial charge in [-0.3, -0.25) is 4.79 Å². The highest BCUT2D eigenvalue weighted by Gasteiger charge is 2.06. The average molecular weight is 307 g/mol. The van der Waals surface area contributed by atoms with Crippen LogP contribution in [0.2, 0.25) is 0 Å². The summed E-state index contributed by atoms with van der Waals surface area (Å²) in [5.74, 6) is 0.290. The van der Waals surface area contributed by atoms with Gasteiger partial charge >= 0.3 is 0 Å². The minimum atomic E-state index is -0.496. The smallest absolute Gasteiger partial charge is 0.132 e. The van der Waals surface area contributed by atoms with Crippen molar-refractivity contribution in [2.45, 2.75) is 59.5 Å². The fraction of sp³-hybridized carbons (Fsp3) is 0.529. The number of allylic oxidation sites excluding steroid dienone is 1. The number of hydrogen-bond donors (Lipinski definition) is 1. The van der Waals surface area contributed by atoms with Crippen LogP contribution in [0.1, 0.15) is 57.2 Å². The lowest BCUT2D eigenvalue weighted by Gasteiger charge is -2.09. The molecule has 116 valence electrons. The fourth-order valence-electron chi connectivity index (χ4n) is 1.89. The Morgan fingerprint density at radius 3 is 2.71 bits per heavy atom. The number of hydrogen-bond acceptors (Lipinski definition) is 4. The molecule has 1 atom stereocenters. The van der Waals surface area contributed by atoms with E-state index < -0.39 is 6.10 Å². The van der Waals surface area contributed by atoms with Crippen LogP contribution in [0.15, 0.2) is 22.6 Å². The van der Waals surface area contributed by atoms with Gasteiger partial charge in [0.2, 0.25) is 0 Å². The number of aryl methyl sites for hydroxylation is 1. The number of rotatable bonds is 8. The molecule has 0 fully saturated rings. The van der Waals surface area contributed by atoms with Gasteiger partial charge in [-0.25, -0.2) is 4.98 Å². The first-order valence-corrected chi connectivity index (χ1v) is 8.26. The van der Waals surface area contributed by atoms with Crippen molar-refractivity contribution in [3.05, 3.63) is 33.3 Å². The van der Waals surface area contributed by atoms with Crippen molar-refractivity contribution in [3.63, 3.8) is 0 Å². The third-order valence-electron chi connectivity index (χ3n) is 3.42. The molecule has 0 saturated heterocycles. The monoisotopic (exact) mass is 307 g/mol. The van der Waals surface area contributed by atoms with E-state index in [2.05, 4.69) is 4.98 Å². The van der Waals surface area contributed by atoms with Crippen LogP contribution in [0, 0.1) is 6.92 Å². The zero-order valence-electron chi connectivity index (χ0n) is 13.3. The van der Waals surface area contributed by atoms with Gasteiger partial charge < -0.3 is 5.11 Å². The Balaban J connectivity index is 2.50. The lowest BCUT2D eigenvalue weighted by Crippen LogP contribution is -2.06. The number of carbonyl (C=O) groups excluding carboxylic acids is 1. The lowest BCUT2D eigenvalue weighted by atomic mass is 10.0. The van der Waals surface area contributed by atoms with Crippen LogP contribution in [-0.2, 0) is 4.79 Å². The van der Waals surface area contributed by atoms with Crippen LogP contribution >= 0.6 is 11.3 Å². The molecule has 0 amide bonds. The summed E-state index contributed by atoms with van der Waals surface area (Å²) in [5, 5.41) is 13.2. The first-order chi connectivity index (χ1) is 9.92. The van der Waals surface area contributed by atoms with E-state index in [1.54, 1.807) is 11.3 Å². The first kappa shape index (κ1) is 17.8. The molecule has 3 nitrogen and oxygen atoms in total. The maximum absolute atomic E-state index is 11.3. The quantitative estimate of drug-likeness (QED) is 0.728. The molecule has 1 aromatic rings. The fourth-order valence-corrected chi connectivity index (χ4v) is 2.46. The summed E-state index contributed by atoms with van der Waals surface area (Å²) < 4.78 is 0. The Hall–Kier alpha value is -1.26. The van der Waals surface area contributed by atoms with E-state index in [4.69, 9.17) is 0 Å². The standard InChI is InChI=1S/C17H25NO2S/c1-5-16(19)8-6-12(2)7-9-17(20)13(3)10-15-11-21-14(4)18-15/h7,10-11,17,20H,5-6,8-9H2,1-4H3.